The van der Waals surface area contributed by atoms with Crippen molar-refractivity contribution in [2.75, 3.05) is 0 Å². The normalized spacial score (nSPS) is 11.2. The van der Waals surface area contributed by atoms with Gasteiger partial charge < -0.3 is 5.21 Å². The Kier molecular flexibility index (Phi) is 3.86. The lowest BCUT2D eigenvalue weighted by Crippen LogP contribution is -2.09. The summed E-state index contributed by atoms with van der Waals surface area (Å²) in [6, 6.07) is 18.2. The van der Waals surface area contributed by atoms with E-state index >= 15 is 0 Å². The van der Waals surface area contributed by atoms with Crippen LogP contribution in [0.15, 0.2) is 65.8 Å². The first-order valence-corrected chi connectivity index (χ1v) is 5.66. The van der Waals surface area contributed by atoms with Crippen LogP contribution < -0.4 is 0 Å². The van der Waals surface area contributed by atoms with Crippen molar-refractivity contribution in [3.63, 3.8) is 0 Å². The van der Waals surface area contributed by atoms with E-state index in [2.05, 4.69) is 5.16 Å². The van der Waals surface area contributed by atoms with Gasteiger partial charge in [0.05, 0.1) is 12.1 Å². The lowest BCUT2D eigenvalue weighted by molar-refractivity contribution is 0.0999. The second kappa shape index (κ2) is 5.77. The highest BCUT2D eigenvalue weighted by Gasteiger charge is 2.11. The predicted molar refractivity (Wildman–Crippen MR) is 70.2 cm³/mol. The smallest absolute Gasteiger partial charge is 0.168 e. The zero-order chi connectivity index (χ0) is 12.8. The lowest BCUT2D eigenvalue weighted by Gasteiger charge is -2.04. The number of nitrogens with zero attached hydrogens (tertiary/aromatic N) is 1. The topological polar surface area (TPSA) is 49.7 Å². The molecule has 90 valence electrons. The summed E-state index contributed by atoms with van der Waals surface area (Å²) in [7, 11) is 0. The Hall–Kier alpha value is -2.42. The molecule has 0 aliphatic heterocycles. The van der Waals surface area contributed by atoms with E-state index in [1.165, 1.54) is 0 Å². The molecule has 2 aromatic carbocycles. The molecular weight excluding hydrogens is 226 g/mol. The average molecular weight is 239 g/mol. The van der Waals surface area contributed by atoms with Crippen molar-refractivity contribution in [2.24, 2.45) is 5.16 Å². The molecule has 0 aliphatic carbocycles. The Balaban J connectivity index is 2.16. The molecule has 1 N–H and O–H groups in total. The van der Waals surface area contributed by atoms with Gasteiger partial charge in [-0.05, 0) is 5.56 Å². The largest absolute Gasteiger partial charge is 0.411 e. The zero-order valence-corrected chi connectivity index (χ0v) is 9.78. The van der Waals surface area contributed by atoms with Gasteiger partial charge in [-0.3, -0.25) is 4.79 Å². The molecule has 0 unspecified atom stereocenters. The van der Waals surface area contributed by atoms with Crippen LogP contribution in [0, 0.1) is 0 Å². The van der Waals surface area contributed by atoms with Crippen LogP contribution in [0.5, 0.6) is 0 Å². The van der Waals surface area contributed by atoms with E-state index < -0.39 is 0 Å². The fourth-order valence-electron chi connectivity index (χ4n) is 1.70. The Morgan fingerprint density at radius 1 is 0.889 bits per heavy atom. The number of ketones is 1. The quantitative estimate of drug-likeness (QED) is 0.385. The summed E-state index contributed by atoms with van der Waals surface area (Å²) in [5, 5.41) is 12.2. The first-order chi connectivity index (χ1) is 8.81. The number of carbonyl (C=O) groups excluding carboxylic acids is 1. The van der Waals surface area contributed by atoms with Crippen LogP contribution in [-0.2, 0) is 0 Å². The van der Waals surface area contributed by atoms with Crippen LogP contribution in [0.25, 0.3) is 0 Å². The van der Waals surface area contributed by atoms with Crippen LogP contribution in [0.2, 0.25) is 0 Å². The summed E-state index contributed by atoms with van der Waals surface area (Å²) in [5.74, 6) is -0.0627. The molecule has 0 radical (unpaired) electrons. The van der Waals surface area contributed by atoms with Gasteiger partial charge in [0, 0.05) is 5.56 Å². The van der Waals surface area contributed by atoms with Crippen molar-refractivity contribution in [3.05, 3.63) is 71.8 Å². The molecule has 3 nitrogen and oxygen atoms in total. The van der Waals surface area contributed by atoms with Crippen molar-refractivity contribution in [2.45, 2.75) is 6.42 Å². The van der Waals surface area contributed by atoms with Gasteiger partial charge in [-0.1, -0.05) is 65.8 Å². The SMILES string of the molecule is O=C(CC(=NO)c1ccccc1)c1ccccc1. The highest BCUT2D eigenvalue weighted by molar-refractivity contribution is 6.15. The molecule has 0 saturated carbocycles. The number of hydrogen-bond donors (Lipinski definition) is 1. The van der Waals surface area contributed by atoms with Gasteiger partial charge in [0.25, 0.3) is 0 Å². The molecule has 0 fully saturated rings. The highest BCUT2D eigenvalue weighted by atomic mass is 16.4. The average Bonchev–Trinajstić information content (AvgIpc) is 2.46. The van der Waals surface area contributed by atoms with E-state index in [1.807, 2.05) is 48.5 Å². The summed E-state index contributed by atoms with van der Waals surface area (Å²) >= 11 is 0. The van der Waals surface area contributed by atoms with E-state index in [0.29, 0.717) is 11.3 Å². The standard InChI is InChI=1S/C15H13NO2/c17-15(13-9-5-2-6-10-13)11-14(16-18)12-7-3-1-4-8-12/h1-10,18H,11H2. The van der Waals surface area contributed by atoms with Gasteiger partial charge in [-0.25, -0.2) is 0 Å². The van der Waals surface area contributed by atoms with E-state index in [4.69, 9.17) is 5.21 Å². The second-order valence-electron chi connectivity index (χ2n) is 3.88. The van der Waals surface area contributed by atoms with E-state index in [0.717, 1.165) is 5.56 Å². The molecule has 0 saturated heterocycles. The maximum atomic E-state index is 12.0. The summed E-state index contributed by atoms with van der Waals surface area (Å²) in [4.78, 5) is 12.0. The van der Waals surface area contributed by atoms with Crippen molar-refractivity contribution >= 4 is 11.5 Å². The summed E-state index contributed by atoms with van der Waals surface area (Å²) < 4.78 is 0. The zero-order valence-electron chi connectivity index (χ0n) is 9.78. The summed E-state index contributed by atoms with van der Waals surface area (Å²) in [6.45, 7) is 0. The Labute approximate surface area is 105 Å². The molecule has 0 atom stereocenters. The van der Waals surface area contributed by atoms with Gasteiger partial charge in [0.15, 0.2) is 5.78 Å². The predicted octanol–water partition coefficient (Wildman–Crippen LogP) is 3.14. The maximum Gasteiger partial charge on any atom is 0.168 e. The number of rotatable bonds is 4. The third-order valence-electron chi connectivity index (χ3n) is 2.65. The Bertz CT molecular complexity index is 547. The van der Waals surface area contributed by atoms with E-state index in [1.54, 1.807) is 12.1 Å². The fraction of sp³-hybridized carbons (Fsp3) is 0.0667. The minimum absolute atomic E-state index is 0.0627. The number of hydrogen-bond acceptors (Lipinski definition) is 3. The number of Topliss-reactive ketones (excluding diaryl/α,β-unsaturated/α-hetero) is 1. The first-order valence-electron chi connectivity index (χ1n) is 5.66. The lowest BCUT2D eigenvalue weighted by atomic mass is 10.0. The number of benzene rings is 2. The molecule has 0 aliphatic rings. The molecule has 3 heteroatoms. The third-order valence-corrected chi connectivity index (χ3v) is 2.65. The Morgan fingerprint density at radius 3 is 1.89 bits per heavy atom. The number of carbonyl (C=O) groups is 1. The second-order valence-corrected chi connectivity index (χ2v) is 3.88. The highest BCUT2D eigenvalue weighted by Crippen LogP contribution is 2.09. The molecule has 18 heavy (non-hydrogen) atoms. The molecule has 2 aromatic rings. The van der Waals surface area contributed by atoms with Crippen LogP contribution >= 0.6 is 0 Å². The molecule has 0 bridgehead atoms. The van der Waals surface area contributed by atoms with E-state index in [-0.39, 0.29) is 12.2 Å². The minimum atomic E-state index is -0.0627. The number of oxime groups is 1. The van der Waals surface area contributed by atoms with Crippen molar-refractivity contribution < 1.29 is 10.0 Å². The molecule has 0 heterocycles. The third kappa shape index (κ3) is 2.83. The fourth-order valence-corrected chi connectivity index (χ4v) is 1.70. The van der Waals surface area contributed by atoms with Crippen molar-refractivity contribution in [1.29, 1.82) is 0 Å². The molecule has 0 spiro atoms. The summed E-state index contributed by atoms with van der Waals surface area (Å²) in [6.07, 6.45) is 0.0878. The van der Waals surface area contributed by atoms with E-state index in [9.17, 15) is 4.79 Å². The minimum Gasteiger partial charge on any atom is -0.411 e. The van der Waals surface area contributed by atoms with Gasteiger partial charge in [-0.15, -0.1) is 0 Å². The summed E-state index contributed by atoms with van der Waals surface area (Å²) in [5.41, 5.74) is 1.75. The van der Waals surface area contributed by atoms with Crippen LogP contribution in [0.3, 0.4) is 0 Å². The van der Waals surface area contributed by atoms with Gasteiger partial charge in [-0.2, -0.15) is 0 Å². The molecule has 0 aromatic heterocycles. The van der Waals surface area contributed by atoms with Crippen molar-refractivity contribution in [1.82, 2.24) is 0 Å². The van der Waals surface area contributed by atoms with Crippen LogP contribution in [-0.4, -0.2) is 16.7 Å². The molecule has 0 amide bonds. The monoisotopic (exact) mass is 239 g/mol. The van der Waals surface area contributed by atoms with Gasteiger partial charge in [0.1, 0.15) is 0 Å². The van der Waals surface area contributed by atoms with Crippen molar-refractivity contribution in [3.8, 4) is 0 Å². The molecular formula is C15H13NO2. The first kappa shape index (κ1) is 12.0. The molecule has 2 rings (SSSR count). The van der Waals surface area contributed by atoms with Gasteiger partial charge in [0.2, 0.25) is 0 Å². The van der Waals surface area contributed by atoms with Crippen LogP contribution in [0.1, 0.15) is 22.3 Å². The van der Waals surface area contributed by atoms with Crippen LogP contribution in [0.4, 0.5) is 0 Å². The maximum absolute atomic E-state index is 12.0. The van der Waals surface area contributed by atoms with Gasteiger partial charge >= 0.3 is 0 Å². The Morgan fingerprint density at radius 2 is 1.39 bits per heavy atom.